The smallest absolute Gasteiger partial charge is 0.0267 e. The molecule has 0 aromatic carbocycles. The summed E-state index contributed by atoms with van der Waals surface area (Å²) in [4.78, 5) is 0. The van der Waals surface area contributed by atoms with Gasteiger partial charge in [-0.15, -0.1) is 0 Å². The Balaban J connectivity index is 2.00. The fourth-order valence-corrected chi connectivity index (χ4v) is 5.40. The maximum Gasteiger partial charge on any atom is -0.0267 e. The highest BCUT2D eigenvalue weighted by atomic mass is 14.5. The predicted octanol–water partition coefficient (Wildman–Crippen LogP) is 6.61. The van der Waals surface area contributed by atoms with E-state index in [1.807, 2.05) is 0 Å². The Bertz CT molecular complexity index is 338. The van der Waals surface area contributed by atoms with Crippen LogP contribution in [0.4, 0.5) is 0 Å². The van der Waals surface area contributed by atoms with Crippen LogP contribution < -0.4 is 0 Å². The summed E-state index contributed by atoms with van der Waals surface area (Å²) in [7, 11) is 0. The van der Waals surface area contributed by atoms with Crippen LogP contribution in [0.2, 0.25) is 0 Å². The molecule has 0 heteroatoms. The molecule has 4 unspecified atom stereocenters. The van der Waals surface area contributed by atoms with Gasteiger partial charge in [0.25, 0.3) is 0 Å². The highest BCUT2D eigenvalue weighted by molar-refractivity contribution is 5.02. The average molecular weight is 277 g/mol. The van der Waals surface area contributed by atoms with E-state index in [0.29, 0.717) is 11.3 Å². The molecule has 4 atom stereocenters. The fraction of sp³-hybridized carbons (Fsp3) is 0.900. The van der Waals surface area contributed by atoms with Crippen LogP contribution in [0.3, 0.4) is 0 Å². The molecule has 0 spiro atoms. The van der Waals surface area contributed by atoms with E-state index in [9.17, 15) is 0 Å². The lowest BCUT2D eigenvalue weighted by atomic mass is 9.52. The van der Waals surface area contributed by atoms with Crippen molar-refractivity contribution >= 4 is 0 Å². The molecule has 0 aromatic heterocycles. The second kappa shape index (κ2) is 6.67. The first kappa shape index (κ1) is 16.1. The summed E-state index contributed by atoms with van der Waals surface area (Å²) >= 11 is 0. The zero-order chi connectivity index (χ0) is 14.8. The third-order valence-corrected chi connectivity index (χ3v) is 6.41. The molecule has 20 heavy (non-hydrogen) atoms. The number of allylic oxidation sites excluding steroid dienone is 2. The maximum absolute atomic E-state index is 2.64. The Morgan fingerprint density at radius 3 is 2.65 bits per heavy atom. The number of hydrogen-bond donors (Lipinski definition) is 0. The van der Waals surface area contributed by atoms with Gasteiger partial charge in [-0.3, -0.25) is 0 Å². The SMILES string of the molecule is C/C(=C\C(C)C)CCC1CCCC2C(C)CCCC12C. The number of fused-ring (bicyclic) bond motifs is 1. The molecule has 2 rings (SSSR count). The molecule has 0 aliphatic heterocycles. The summed E-state index contributed by atoms with van der Waals surface area (Å²) in [6, 6.07) is 0. The minimum absolute atomic E-state index is 0.661. The van der Waals surface area contributed by atoms with Gasteiger partial charge in [-0.1, -0.05) is 58.6 Å². The molecular weight excluding hydrogens is 240 g/mol. The summed E-state index contributed by atoms with van der Waals surface area (Å²) in [6.07, 6.45) is 14.2. The van der Waals surface area contributed by atoms with E-state index in [1.54, 1.807) is 5.57 Å². The van der Waals surface area contributed by atoms with Crippen molar-refractivity contribution in [2.24, 2.45) is 29.1 Å². The molecule has 0 aromatic rings. The van der Waals surface area contributed by atoms with Gasteiger partial charge in [0, 0.05) is 0 Å². The van der Waals surface area contributed by atoms with Crippen LogP contribution in [0.5, 0.6) is 0 Å². The summed E-state index contributed by atoms with van der Waals surface area (Å²) in [5, 5.41) is 0. The van der Waals surface area contributed by atoms with E-state index < -0.39 is 0 Å². The van der Waals surface area contributed by atoms with E-state index in [0.717, 1.165) is 17.8 Å². The molecule has 0 N–H and O–H groups in total. The zero-order valence-electron chi connectivity index (χ0n) is 14.5. The second-order valence-corrected chi connectivity index (χ2v) is 8.41. The molecule has 0 radical (unpaired) electrons. The number of hydrogen-bond acceptors (Lipinski definition) is 0. The van der Waals surface area contributed by atoms with Crippen molar-refractivity contribution in [3.8, 4) is 0 Å². The minimum atomic E-state index is 0.661. The van der Waals surface area contributed by atoms with E-state index in [-0.39, 0.29) is 0 Å². The van der Waals surface area contributed by atoms with Crippen LogP contribution in [-0.2, 0) is 0 Å². The molecule has 0 saturated heterocycles. The Morgan fingerprint density at radius 1 is 1.20 bits per heavy atom. The minimum Gasteiger partial charge on any atom is -0.0830 e. The van der Waals surface area contributed by atoms with E-state index >= 15 is 0 Å². The fourth-order valence-electron chi connectivity index (χ4n) is 5.40. The molecule has 116 valence electrons. The molecule has 2 aliphatic carbocycles. The van der Waals surface area contributed by atoms with Gasteiger partial charge >= 0.3 is 0 Å². The van der Waals surface area contributed by atoms with Crippen LogP contribution in [0.1, 0.15) is 86.0 Å². The summed E-state index contributed by atoms with van der Waals surface area (Å²) in [5.41, 5.74) is 2.28. The molecule has 0 heterocycles. The standard InChI is InChI=1S/C20H36/c1-15(2)14-16(3)11-12-18-9-6-10-19-17(4)8-7-13-20(18,19)5/h14-15,17-19H,6-13H2,1-5H3/b16-14+. The van der Waals surface area contributed by atoms with Gasteiger partial charge in [0.1, 0.15) is 0 Å². The Kier molecular flexibility index (Phi) is 5.37. The van der Waals surface area contributed by atoms with Crippen LogP contribution in [0.15, 0.2) is 11.6 Å². The first-order chi connectivity index (χ1) is 9.43. The molecule has 2 saturated carbocycles. The van der Waals surface area contributed by atoms with Crippen LogP contribution in [0.25, 0.3) is 0 Å². The van der Waals surface area contributed by atoms with Crippen molar-refractivity contribution in [3.63, 3.8) is 0 Å². The quantitative estimate of drug-likeness (QED) is 0.507. The van der Waals surface area contributed by atoms with Crippen molar-refractivity contribution in [1.29, 1.82) is 0 Å². The monoisotopic (exact) mass is 276 g/mol. The van der Waals surface area contributed by atoms with Crippen molar-refractivity contribution in [3.05, 3.63) is 11.6 Å². The van der Waals surface area contributed by atoms with Crippen molar-refractivity contribution in [2.75, 3.05) is 0 Å². The molecule has 0 nitrogen and oxygen atoms in total. The first-order valence-corrected chi connectivity index (χ1v) is 9.10. The lowest BCUT2D eigenvalue weighted by Gasteiger charge is -2.53. The number of rotatable bonds is 4. The zero-order valence-corrected chi connectivity index (χ0v) is 14.5. The van der Waals surface area contributed by atoms with E-state index in [2.05, 4.69) is 40.7 Å². The average Bonchev–Trinajstić information content (AvgIpc) is 2.35. The Morgan fingerprint density at radius 2 is 1.95 bits per heavy atom. The Hall–Kier alpha value is -0.260. The largest absolute Gasteiger partial charge is 0.0830 e. The highest BCUT2D eigenvalue weighted by Crippen LogP contribution is 2.56. The lowest BCUT2D eigenvalue weighted by molar-refractivity contribution is -0.0328. The van der Waals surface area contributed by atoms with Gasteiger partial charge in [-0.05, 0) is 68.1 Å². The third-order valence-electron chi connectivity index (χ3n) is 6.41. The third kappa shape index (κ3) is 3.49. The molecule has 2 aliphatic rings. The van der Waals surface area contributed by atoms with Gasteiger partial charge in [0.05, 0.1) is 0 Å². The molecule has 0 amide bonds. The van der Waals surface area contributed by atoms with Gasteiger partial charge in [-0.2, -0.15) is 0 Å². The van der Waals surface area contributed by atoms with Crippen molar-refractivity contribution in [1.82, 2.24) is 0 Å². The normalized spacial score (nSPS) is 38.9. The topological polar surface area (TPSA) is 0 Å². The molecule has 0 bridgehead atoms. The van der Waals surface area contributed by atoms with Crippen LogP contribution in [-0.4, -0.2) is 0 Å². The van der Waals surface area contributed by atoms with Crippen molar-refractivity contribution < 1.29 is 0 Å². The van der Waals surface area contributed by atoms with Gasteiger partial charge in [-0.25, -0.2) is 0 Å². The molecule has 2 fully saturated rings. The van der Waals surface area contributed by atoms with Gasteiger partial charge in [0.2, 0.25) is 0 Å². The van der Waals surface area contributed by atoms with Crippen molar-refractivity contribution in [2.45, 2.75) is 86.0 Å². The maximum atomic E-state index is 2.64. The van der Waals surface area contributed by atoms with E-state index in [4.69, 9.17) is 0 Å². The first-order valence-electron chi connectivity index (χ1n) is 9.10. The Labute approximate surface area is 127 Å². The lowest BCUT2D eigenvalue weighted by Crippen LogP contribution is -2.44. The van der Waals surface area contributed by atoms with Crippen LogP contribution in [0, 0.1) is 29.1 Å². The molecular formula is C20H36. The van der Waals surface area contributed by atoms with Crippen LogP contribution >= 0.6 is 0 Å². The van der Waals surface area contributed by atoms with Gasteiger partial charge in [0.15, 0.2) is 0 Å². The van der Waals surface area contributed by atoms with E-state index in [1.165, 1.54) is 51.4 Å². The highest BCUT2D eigenvalue weighted by Gasteiger charge is 2.46. The summed E-state index contributed by atoms with van der Waals surface area (Å²) in [6.45, 7) is 12.1. The predicted molar refractivity (Wildman–Crippen MR) is 89.8 cm³/mol. The van der Waals surface area contributed by atoms with Gasteiger partial charge < -0.3 is 0 Å². The summed E-state index contributed by atoms with van der Waals surface area (Å²) < 4.78 is 0. The summed E-state index contributed by atoms with van der Waals surface area (Å²) in [5.74, 6) is 3.69. The second-order valence-electron chi connectivity index (χ2n) is 8.41.